The van der Waals surface area contributed by atoms with Crippen LogP contribution in [0.15, 0.2) is 42.6 Å². The second-order valence-electron chi connectivity index (χ2n) is 4.29. The Labute approximate surface area is 106 Å². The van der Waals surface area contributed by atoms with E-state index in [2.05, 4.69) is 0 Å². The molecule has 2 aromatic rings. The number of carboxylic acid groups (broad SMARTS) is 1. The Hall–Kier alpha value is -2.23. The number of aromatic nitrogens is 1. The van der Waals surface area contributed by atoms with Crippen LogP contribution >= 0.6 is 0 Å². The molecule has 0 spiro atoms. The molecule has 1 aromatic heterocycles. The van der Waals surface area contributed by atoms with Crippen molar-refractivity contribution in [3.63, 3.8) is 0 Å². The number of nitrogens with zero attached hydrogens (tertiary/aromatic N) is 2. The van der Waals surface area contributed by atoms with Gasteiger partial charge in [0.1, 0.15) is 5.82 Å². The monoisotopic (exact) mass is 244 g/mol. The number of hydrogen-bond acceptors (Lipinski definition) is 1. The number of rotatable bonds is 3. The summed E-state index contributed by atoms with van der Waals surface area (Å²) in [6, 6.07) is 11.5. The zero-order chi connectivity index (χ0) is 13.1. The van der Waals surface area contributed by atoms with E-state index in [9.17, 15) is 9.90 Å². The molecule has 94 valence electrons. The molecule has 0 saturated heterocycles. The maximum Gasteiger partial charge on any atom is 0.413 e. The average Bonchev–Trinajstić information content (AvgIpc) is 2.67. The van der Waals surface area contributed by atoms with Crippen LogP contribution in [0.4, 0.5) is 10.6 Å². The fraction of sp³-hybridized carbons (Fsp3) is 0.214. The summed E-state index contributed by atoms with van der Waals surface area (Å²) in [6.45, 7) is 2.27. The van der Waals surface area contributed by atoms with Gasteiger partial charge in [0.05, 0.1) is 6.54 Å². The van der Waals surface area contributed by atoms with Gasteiger partial charge < -0.3 is 9.67 Å². The Kier molecular flexibility index (Phi) is 3.37. The van der Waals surface area contributed by atoms with Crippen LogP contribution in [0, 0.1) is 6.92 Å². The van der Waals surface area contributed by atoms with Crippen molar-refractivity contribution in [2.75, 3.05) is 4.90 Å². The first-order chi connectivity index (χ1) is 8.59. The molecule has 0 bridgehead atoms. The maximum atomic E-state index is 11.4. The van der Waals surface area contributed by atoms with E-state index in [1.54, 1.807) is 0 Å². The summed E-state index contributed by atoms with van der Waals surface area (Å²) in [5.41, 5.74) is 1.93. The van der Waals surface area contributed by atoms with Crippen molar-refractivity contribution >= 4 is 11.9 Å². The molecule has 4 heteroatoms. The topological polar surface area (TPSA) is 45.5 Å². The molecule has 2 rings (SSSR count). The van der Waals surface area contributed by atoms with Gasteiger partial charge in [-0.3, -0.25) is 4.90 Å². The van der Waals surface area contributed by atoms with Gasteiger partial charge in [-0.05, 0) is 24.1 Å². The van der Waals surface area contributed by atoms with E-state index in [0.29, 0.717) is 12.4 Å². The lowest BCUT2D eigenvalue weighted by molar-refractivity contribution is 0.201. The maximum absolute atomic E-state index is 11.4. The molecule has 0 aliphatic carbocycles. The minimum atomic E-state index is -0.941. The van der Waals surface area contributed by atoms with Gasteiger partial charge in [-0.1, -0.05) is 30.3 Å². The number of carbonyl (C=O) groups is 1. The molecule has 0 unspecified atom stereocenters. The predicted molar refractivity (Wildman–Crippen MR) is 70.8 cm³/mol. The van der Waals surface area contributed by atoms with Crippen LogP contribution in [0.25, 0.3) is 0 Å². The smallest absolute Gasteiger partial charge is 0.413 e. The lowest BCUT2D eigenvalue weighted by Gasteiger charge is -2.21. The van der Waals surface area contributed by atoms with E-state index in [1.807, 2.05) is 61.1 Å². The zero-order valence-corrected chi connectivity index (χ0v) is 10.5. The van der Waals surface area contributed by atoms with Crippen LogP contribution in [-0.4, -0.2) is 15.8 Å². The second-order valence-corrected chi connectivity index (χ2v) is 4.29. The van der Waals surface area contributed by atoms with Crippen molar-refractivity contribution in [2.24, 2.45) is 7.05 Å². The van der Waals surface area contributed by atoms with Crippen LogP contribution in [0.2, 0.25) is 0 Å². The Morgan fingerprint density at radius 3 is 2.44 bits per heavy atom. The molecule has 0 aliphatic rings. The first-order valence-electron chi connectivity index (χ1n) is 5.76. The largest absolute Gasteiger partial charge is 0.465 e. The molecule has 0 atom stereocenters. The molecule has 0 radical (unpaired) electrons. The highest BCUT2D eigenvalue weighted by molar-refractivity contribution is 5.85. The van der Waals surface area contributed by atoms with E-state index in [4.69, 9.17) is 0 Å². The highest BCUT2D eigenvalue weighted by Gasteiger charge is 2.19. The van der Waals surface area contributed by atoms with Gasteiger partial charge in [-0.15, -0.1) is 0 Å². The summed E-state index contributed by atoms with van der Waals surface area (Å²) in [5.74, 6) is 0.714. The lowest BCUT2D eigenvalue weighted by atomic mass is 10.2. The summed E-state index contributed by atoms with van der Waals surface area (Å²) in [4.78, 5) is 12.8. The zero-order valence-electron chi connectivity index (χ0n) is 10.5. The molecule has 0 saturated carbocycles. The molecule has 1 amide bonds. The van der Waals surface area contributed by atoms with Crippen molar-refractivity contribution in [3.8, 4) is 0 Å². The predicted octanol–water partition coefficient (Wildman–Crippen LogP) is 3.02. The Morgan fingerprint density at radius 1 is 1.28 bits per heavy atom. The molecule has 0 aliphatic heterocycles. The van der Waals surface area contributed by atoms with Gasteiger partial charge in [0.2, 0.25) is 0 Å². The van der Waals surface area contributed by atoms with Gasteiger partial charge in [0.15, 0.2) is 0 Å². The molecule has 1 N–H and O–H groups in total. The summed E-state index contributed by atoms with van der Waals surface area (Å²) in [7, 11) is 1.85. The van der Waals surface area contributed by atoms with E-state index >= 15 is 0 Å². The van der Waals surface area contributed by atoms with Crippen molar-refractivity contribution in [3.05, 3.63) is 53.7 Å². The number of anilines is 1. The fourth-order valence-electron chi connectivity index (χ4n) is 2.05. The molecule has 1 heterocycles. The van der Waals surface area contributed by atoms with E-state index < -0.39 is 6.09 Å². The second kappa shape index (κ2) is 4.96. The first-order valence-corrected chi connectivity index (χ1v) is 5.76. The Bertz CT molecular complexity index is 527. The summed E-state index contributed by atoms with van der Waals surface area (Å²) >= 11 is 0. The van der Waals surface area contributed by atoms with Crippen LogP contribution < -0.4 is 4.90 Å². The standard InChI is InChI=1S/C14H16N2O2/c1-11-8-9-15(2)13(11)16(14(17)18)10-12-6-4-3-5-7-12/h3-9H,10H2,1-2H3,(H,17,18). The van der Waals surface area contributed by atoms with Crippen LogP contribution in [0.1, 0.15) is 11.1 Å². The van der Waals surface area contributed by atoms with Crippen molar-refractivity contribution < 1.29 is 9.90 Å². The van der Waals surface area contributed by atoms with E-state index in [-0.39, 0.29) is 0 Å². The van der Waals surface area contributed by atoms with E-state index in [1.165, 1.54) is 4.90 Å². The highest BCUT2D eigenvalue weighted by Crippen LogP contribution is 2.22. The van der Waals surface area contributed by atoms with Gasteiger partial charge in [-0.2, -0.15) is 0 Å². The van der Waals surface area contributed by atoms with Crippen molar-refractivity contribution in [1.29, 1.82) is 0 Å². The summed E-state index contributed by atoms with van der Waals surface area (Å²) in [6.07, 6.45) is 0.926. The number of amides is 1. The average molecular weight is 244 g/mol. The lowest BCUT2D eigenvalue weighted by Crippen LogP contribution is -2.30. The van der Waals surface area contributed by atoms with Gasteiger partial charge >= 0.3 is 6.09 Å². The Morgan fingerprint density at radius 2 is 1.94 bits per heavy atom. The quantitative estimate of drug-likeness (QED) is 0.902. The van der Waals surface area contributed by atoms with Gasteiger partial charge in [-0.25, -0.2) is 4.79 Å². The third-order valence-corrected chi connectivity index (χ3v) is 2.91. The van der Waals surface area contributed by atoms with Gasteiger partial charge in [0.25, 0.3) is 0 Å². The third-order valence-electron chi connectivity index (χ3n) is 2.91. The third kappa shape index (κ3) is 2.37. The summed E-state index contributed by atoms with van der Waals surface area (Å²) in [5, 5.41) is 9.37. The number of benzene rings is 1. The fourth-order valence-corrected chi connectivity index (χ4v) is 2.05. The minimum Gasteiger partial charge on any atom is -0.465 e. The molecule has 18 heavy (non-hydrogen) atoms. The normalized spacial score (nSPS) is 10.3. The van der Waals surface area contributed by atoms with Crippen molar-refractivity contribution in [2.45, 2.75) is 13.5 Å². The minimum absolute atomic E-state index is 0.356. The Balaban J connectivity index is 2.33. The first kappa shape index (κ1) is 12.2. The number of hydrogen-bond donors (Lipinski definition) is 1. The number of aryl methyl sites for hydroxylation is 2. The SMILES string of the molecule is Cc1ccn(C)c1N(Cc1ccccc1)C(=O)O. The molecular formula is C14H16N2O2. The molecular weight excluding hydrogens is 228 g/mol. The van der Waals surface area contributed by atoms with Gasteiger partial charge in [0, 0.05) is 13.2 Å². The summed E-state index contributed by atoms with van der Waals surface area (Å²) < 4.78 is 1.83. The van der Waals surface area contributed by atoms with Crippen molar-refractivity contribution in [1.82, 2.24) is 4.57 Å². The van der Waals surface area contributed by atoms with Crippen LogP contribution in [0.3, 0.4) is 0 Å². The molecule has 1 aromatic carbocycles. The highest BCUT2D eigenvalue weighted by atomic mass is 16.4. The molecule has 4 nitrogen and oxygen atoms in total. The van der Waals surface area contributed by atoms with E-state index in [0.717, 1.165) is 11.1 Å². The van der Waals surface area contributed by atoms with Crippen LogP contribution in [0.5, 0.6) is 0 Å². The van der Waals surface area contributed by atoms with Crippen LogP contribution in [-0.2, 0) is 13.6 Å². The molecule has 0 fully saturated rings.